The minimum absolute atomic E-state index is 0.195. The molecule has 0 aromatic rings. The average Bonchev–Trinajstić information content (AvgIpc) is 1.98. The Morgan fingerprint density at radius 3 is 1.71 bits per heavy atom. The van der Waals surface area contributed by atoms with E-state index < -0.39 is 10.8 Å². The van der Waals surface area contributed by atoms with Gasteiger partial charge in [0, 0.05) is 10.8 Å². The summed E-state index contributed by atoms with van der Waals surface area (Å²) in [4.78, 5) is 20.9. The number of ether oxygens (including phenoxy) is 2. The predicted octanol–water partition coefficient (Wildman–Crippen LogP) is -0.634. The highest BCUT2D eigenvalue weighted by Gasteiger charge is 2.33. The third-order valence-corrected chi connectivity index (χ3v) is 3.62. The topological polar surface area (TPSA) is 69.7 Å². The molecule has 78 valence electrons. The van der Waals surface area contributed by atoms with E-state index in [1.54, 1.807) is 0 Å². The molecule has 2 fully saturated rings. The van der Waals surface area contributed by atoms with E-state index in [0.29, 0.717) is 24.3 Å². The highest BCUT2D eigenvalue weighted by atomic mass is 32.2. The van der Waals surface area contributed by atoms with E-state index in [0.717, 1.165) is 0 Å². The molecule has 2 aliphatic heterocycles. The first-order valence-electron chi connectivity index (χ1n) is 4.37. The minimum atomic E-state index is -1.06. The van der Waals surface area contributed by atoms with E-state index in [1.165, 1.54) is 0 Å². The van der Waals surface area contributed by atoms with Crippen LogP contribution in [0.1, 0.15) is 12.8 Å². The molecule has 0 amide bonds. The second-order valence-corrected chi connectivity index (χ2v) is 4.95. The fraction of sp³-hybridized carbons (Fsp3) is 0.750. The number of esters is 2. The van der Waals surface area contributed by atoms with Crippen LogP contribution in [0.4, 0.5) is 0 Å². The zero-order chi connectivity index (χ0) is 10.1. The number of carbonyl (C=O) groups excluding carboxylic acids is 2. The van der Waals surface area contributed by atoms with Gasteiger partial charge in [-0.05, 0) is 0 Å². The maximum atomic E-state index is 11.4. The molecule has 0 spiro atoms. The summed E-state index contributed by atoms with van der Waals surface area (Å²) in [5, 5.41) is 0. The van der Waals surface area contributed by atoms with Gasteiger partial charge in [-0.2, -0.15) is 0 Å². The first kappa shape index (κ1) is 9.64. The van der Waals surface area contributed by atoms with Gasteiger partial charge >= 0.3 is 11.9 Å². The summed E-state index contributed by atoms with van der Waals surface area (Å²) in [6.45, 7) is 0. The van der Waals surface area contributed by atoms with E-state index >= 15 is 0 Å². The van der Waals surface area contributed by atoms with Gasteiger partial charge < -0.3 is 9.47 Å². The Morgan fingerprint density at radius 2 is 1.43 bits per heavy atom. The van der Waals surface area contributed by atoms with Crippen molar-refractivity contribution >= 4 is 22.7 Å². The zero-order valence-electron chi connectivity index (χ0n) is 7.43. The number of carbonyl (C=O) groups is 2. The molecular formula is C8H10O5S. The van der Waals surface area contributed by atoms with E-state index in [-0.39, 0.29) is 24.1 Å². The van der Waals surface area contributed by atoms with E-state index in [9.17, 15) is 13.8 Å². The fourth-order valence-electron chi connectivity index (χ4n) is 1.39. The molecule has 2 saturated heterocycles. The Morgan fingerprint density at radius 1 is 1.07 bits per heavy atom. The normalized spacial score (nSPS) is 32.3. The third kappa shape index (κ3) is 2.12. The summed E-state index contributed by atoms with van der Waals surface area (Å²) in [6, 6.07) is 0. The van der Waals surface area contributed by atoms with E-state index in [1.807, 2.05) is 0 Å². The second kappa shape index (κ2) is 3.68. The lowest BCUT2D eigenvalue weighted by molar-refractivity contribution is -0.167. The van der Waals surface area contributed by atoms with Crippen molar-refractivity contribution in [3.8, 4) is 0 Å². The summed E-state index contributed by atoms with van der Waals surface area (Å²) in [5.41, 5.74) is 0. The minimum Gasteiger partial charge on any atom is -0.461 e. The molecule has 0 radical (unpaired) electrons. The van der Waals surface area contributed by atoms with Crippen LogP contribution < -0.4 is 0 Å². The summed E-state index contributed by atoms with van der Waals surface area (Å²) >= 11 is 0. The molecule has 2 heterocycles. The lowest BCUT2D eigenvalue weighted by atomic mass is 10.2. The van der Waals surface area contributed by atoms with Crippen LogP contribution in [0.5, 0.6) is 0 Å². The van der Waals surface area contributed by atoms with Gasteiger partial charge in [-0.15, -0.1) is 0 Å². The molecule has 2 rings (SSSR count). The van der Waals surface area contributed by atoms with Crippen molar-refractivity contribution in [3.05, 3.63) is 0 Å². The average molecular weight is 218 g/mol. The van der Waals surface area contributed by atoms with Crippen LogP contribution in [0.3, 0.4) is 0 Å². The van der Waals surface area contributed by atoms with Crippen LogP contribution in [-0.4, -0.2) is 39.9 Å². The third-order valence-electron chi connectivity index (χ3n) is 2.13. The van der Waals surface area contributed by atoms with Crippen molar-refractivity contribution in [2.24, 2.45) is 0 Å². The summed E-state index contributed by atoms with van der Waals surface area (Å²) in [5.74, 6) is 0.253. The van der Waals surface area contributed by atoms with Crippen LogP contribution in [0.25, 0.3) is 0 Å². The molecule has 2 aliphatic rings. The monoisotopic (exact) mass is 218 g/mol. The molecule has 0 bridgehead atoms. The fourth-order valence-corrected chi connectivity index (χ4v) is 2.73. The smallest absolute Gasteiger partial charge is 0.309 e. The SMILES string of the molecule is O=C1CC(CS(=O)CC2CC(=O)O2)O1. The van der Waals surface area contributed by atoms with Crippen LogP contribution in [0, 0.1) is 0 Å². The molecule has 5 nitrogen and oxygen atoms in total. The molecule has 0 aromatic heterocycles. The molecule has 2 atom stereocenters. The number of hydrogen-bond donors (Lipinski definition) is 0. The van der Waals surface area contributed by atoms with E-state index in [2.05, 4.69) is 0 Å². The maximum Gasteiger partial charge on any atom is 0.309 e. The molecule has 0 N–H and O–H groups in total. The number of cyclic esters (lactones) is 2. The molecule has 0 saturated carbocycles. The number of rotatable bonds is 4. The van der Waals surface area contributed by atoms with Gasteiger partial charge in [-0.1, -0.05) is 0 Å². The van der Waals surface area contributed by atoms with Gasteiger partial charge in [0.05, 0.1) is 24.3 Å². The summed E-state index contributed by atoms with van der Waals surface area (Å²) < 4.78 is 20.8. The Bertz CT molecular complexity index is 256. The quantitative estimate of drug-likeness (QED) is 0.587. The Balaban J connectivity index is 1.64. The highest BCUT2D eigenvalue weighted by Crippen LogP contribution is 2.17. The van der Waals surface area contributed by atoms with Gasteiger partial charge in [0.2, 0.25) is 0 Å². The van der Waals surface area contributed by atoms with Crippen molar-refractivity contribution in [1.82, 2.24) is 0 Å². The number of hydrogen-bond acceptors (Lipinski definition) is 5. The van der Waals surface area contributed by atoms with Crippen LogP contribution in [-0.2, 0) is 29.9 Å². The maximum absolute atomic E-state index is 11.4. The first-order valence-corrected chi connectivity index (χ1v) is 5.86. The Hall–Kier alpha value is -0.910. The summed E-state index contributed by atoms with van der Waals surface area (Å²) in [7, 11) is -1.06. The van der Waals surface area contributed by atoms with Crippen molar-refractivity contribution in [3.63, 3.8) is 0 Å². The lowest BCUT2D eigenvalue weighted by Crippen LogP contribution is -2.41. The van der Waals surface area contributed by atoms with Crippen molar-refractivity contribution in [1.29, 1.82) is 0 Å². The highest BCUT2D eigenvalue weighted by molar-refractivity contribution is 7.85. The second-order valence-electron chi connectivity index (χ2n) is 3.41. The summed E-state index contributed by atoms with van der Waals surface area (Å²) in [6.07, 6.45) is 0.324. The van der Waals surface area contributed by atoms with Crippen molar-refractivity contribution in [2.45, 2.75) is 25.0 Å². The lowest BCUT2D eigenvalue weighted by Gasteiger charge is -2.28. The molecular weight excluding hydrogens is 208 g/mol. The molecule has 2 unspecified atom stereocenters. The van der Waals surface area contributed by atoms with Crippen molar-refractivity contribution in [2.75, 3.05) is 11.5 Å². The standard InChI is InChI=1S/C8H10O5S/c9-7-1-5(12-7)3-14(11)4-6-2-8(10)13-6/h5-6H,1-4H2. The Kier molecular flexibility index (Phi) is 2.54. The van der Waals surface area contributed by atoms with Crippen LogP contribution in [0.2, 0.25) is 0 Å². The van der Waals surface area contributed by atoms with Gasteiger partial charge in [-0.3, -0.25) is 13.8 Å². The first-order chi connectivity index (χ1) is 6.63. The zero-order valence-corrected chi connectivity index (χ0v) is 8.25. The van der Waals surface area contributed by atoms with Gasteiger partial charge in [-0.25, -0.2) is 0 Å². The van der Waals surface area contributed by atoms with Crippen molar-refractivity contribution < 1.29 is 23.3 Å². The molecule has 0 aromatic carbocycles. The van der Waals surface area contributed by atoms with Crippen LogP contribution >= 0.6 is 0 Å². The molecule has 6 heteroatoms. The van der Waals surface area contributed by atoms with Gasteiger partial charge in [0.25, 0.3) is 0 Å². The van der Waals surface area contributed by atoms with Gasteiger partial charge in [0.15, 0.2) is 0 Å². The Labute approximate surface area is 83.2 Å². The molecule has 14 heavy (non-hydrogen) atoms. The largest absolute Gasteiger partial charge is 0.461 e. The van der Waals surface area contributed by atoms with Gasteiger partial charge in [0.1, 0.15) is 12.2 Å². The van der Waals surface area contributed by atoms with Crippen LogP contribution in [0.15, 0.2) is 0 Å². The van der Waals surface area contributed by atoms with E-state index in [4.69, 9.17) is 9.47 Å². The predicted molar refractivity (Wildman–Crippen MR) is 46.9 cm³/mol. The molecule has 0 aliphatic carbocycles.